The summed E-state index contributed by atoms with van der Waals surface area (Å²) in [7, 11) is 1.69. The van der Waals surface area contributed by atoms with Crippen LogP contribution in [0.2, 0.25) is 0 Å². The molecule has 1 aliphatic carbocycles. The number of benzene rings is 1. The Balaban J connectivity index is 1.57. The normalized spacial score (nSPS) is 13.6. The van der Waals surface area contributed by atoms with Gasteiger partial charge in [-0.25, -0.2) is 14.6 Å². The fraction of sp³-hybridized carbons (Fsp3) is 0.407. The minimum absolute atomic E-state index is 0.234. The third-order valence-corrected chi connectivity index (χ3v) is 7.09. The van der Waals surface area contributed by atoms with Crippen LogP contribution >= 0.6 is 0 Å². The molecule has 0 atom stereocenters. The zero-order chi connectivity index (χ0) is 25.1. The number of aromatic nitrogens is 6. The Labute approximate surface area is 209 Å². The van der Waals surface area contributed by atoms with Gasteiger partial charge in [-0.05, 0) is 72.4 Å². The van der Waals surface area contributed by atoms with Gasteiger partial charge in [0, 0.05) is 28.1 Å². The smallest absolute Gasteiger partial charge is 0.145 e. The summed E-state index contributed by atoms with van der Waals surface area (Å²) in [4.78, 5) is 13.1. The first kappa shape index (κ1) is 22.6. The molecule has 0 aliphatic heterocycles. The van der Waals surface area contributed by atoms with Crippen LogP contribution in [0.4, 0.5) is 11.6 Å². The van der Waals surface area contributed by atoms with Crippen molar-refractivity contribution in [2.75, 3.05) is 12.4 Å². The Kier molecular flexibility index (Phi) is 5.24. The van der Waals surface area contributed by atoms with E-state index < -0.39 is 0 Å². The maximum Gasteiger partial charge on any atom is 0.145 e. The highest BCUT2D eigenvalue weighted by Gasteiger charge is 2.25. The van der Waals surface area contributed by atoms with Crippen LogP contribution in [-0.4, -0.2) is 37.0 Å². The molecular weight excluding hydrogens is 454 g/mol. The SMILES string of the molecule is COc1cc2c(cc1-c1c(C)noc1C)[nH]c1nc(C)nc(Nc3c4c(nn3C(C)C)CCCC4)c12. The molecule has 9 heteroatoms. The third kappa shape index (κ3) is 3.44. The monoisotopic (exact) mass is 485 g/mol. The Hall–Kier alpha value is -3.88. The van der Waals surface area contributed by atoms with E-state index in [4.69, 9.17) is 24.3 Å². The lowest BCUT2D eigenvalue weighted by Crippen LogP contribution is -2.09. The predicted molar refractivity (Wildman–Crippen MR) is 140 cm³/mol. The molecule has 0 bridgehead atoms. The van der Waals surface area contributed by atoms with Gasteiger partial charge in [-0.2, -0.15) is 5.10 Å². The maximum atomic E-state index is 5.84. The minimum Gasteiger partial charge on any atom is -0.496 e. The molecule has 36 heavy (non-hydrogen) atoms. The van der Waals surface area contributed by atoms with E-state index in [1.54, 1.807) is 7.11 Å². The molecule has 0 saturated heterocycles. The summed E-state index contributed by atoms with van der Waals surface area (Å²) in [5.74, 6) is 4.00. The topological polar surface area (TPSA) is 107 Å². The van der Waals surface area contributed by atoms with Crippen molar-refractivity contribution in [3.63, 3.8) is 0 Å². The summed E-state index contributed by atoms with van der Waals surface area (Å²) in [5.41, 5.74) is 6.93. The molecule has 5 aromatic rings. The van der Waals surface area contributed by atoms with Gasteiger partial charge >= 0.3 is 0 Å². The third-order valence-electron chi connectivity index (χ3n) is 7.09. The van der Waals surface area contributed by atoms with Crippen LogP contribution < -0.4 is 10.1 Å². The van der Waals surface area contributed by atoms with Crippen LogP contribution in [0.5, 0.6) is 5.75 Å². The van der Waals surface area contributed by atoms with Gasteiger partial charge in [0.15, 0.2) is 0 Å². The lowest BCUT2D eigenvalue weighted by Gasteiger charge is -2.16. The fourth-order valence-electron chi connectivity index (χ4n) is 5.45. The van der Waals surface area contributed by atoms with Crippen molar-refractivity contribution in [3.05, 3.63) is 40.7 Å². The number of ether oxygens (including phenoxy) is 1. The average Bonchev–Trinajstić information content (AvgIpc) is 3.50. The van der Waals surface area contributed by atoms with Crippen molar-refractivity contribution < 1.29 is 9.26 Å². The van der Waals surface area contributed by atoms with Crippen LogP contribution in [0, 0.1) is 20.8 Å². The summed E-state index contributed by atoms with van der Waals surface area (Å²) in [6.45, 7) is 10.1. The molecule has 2 N–H and O–H groups in total. The zero-order valence-corrected chi connectivity index (χ0v) is 21.6. The summed E-state index contributed by atoms with van der Waals surface area (Å²) in [6.07, 6.45) is 4.42. The number of hydrogen-bond acceptors (Lipinski definition) is 7. The summed E-state index contributed by atoms with van der Waals surface area (Å²) in [5, 5.41) is 14.7. The number of methoxy groups -OCH3 is 1. The van der Waals surface area contributed by atoms with Gasteiger partial charge < -0.3 is 19.6 Å². The second-order valence-electron chi connectivity index (χ2n) is 9.91. The predicted octanol–water partition coefficient (Wildman–Crippen LogP) is 6.10. The van der Waals surface area contributed by atoms with Crippen molar-refractivity contribution >= 4 is 33.6 Å². The van der Waals surface area contributed by atoms with Gasteiger partial charge in [0.25, 0.3) is 0 Å². The van der Waals surface area contributed by atoms with E-state index in [1.807, 2.05) is 20.8 Å². The number of nitrogens with zero attached hydrogens (tertiary/aromatic N) is 5. The molecule has 0 spiro atoms. The van der Waals surface area contributed by atoms with Crippen molar-refractivity contribution in [2.45, 2.75) is 66.3 Å². The lowest BCUT2D eigenvalue weighted by atomic mass is 9.97. The molecule has 4 heterocycles. The summed E-state index contributed by atoms with van der Waals surface area (Å²) >= 11 is 0. The number of H-pyrrole nitrogens is 1. The highest BCUT2D eigenvalue weighted by atomic mass is 16.5. The van der Waals surface area contributed by atoms with Gasteiger partial charge in [-0.15, -0.1) is 0 Å². The molecule has 6 rings (SSSR count). The van der Waals surface area contributed by atoms with E-state index in [1.165, 1.54) is 24.1 Å². The van der Waals surface area contributed by atoms with Crippen molar-refractivity contribution in [2.24, 2.45) is 0 Å². The standard InChI is InChI=1S/C27H31N7O2/c1-13(2)34-27(17-9-7-8-10-20(17)32-34)31-26-24-18-12-22(35-6)19(23-14(3)33-36-15(23)4)11-21(18)30-25(24)28-16(5)29-26/h11-13H,7-10H2,1-6H3,(H2,28,29,30,31). The van der Waals surface area contributed by atoms with E-state index in [0.29, 0.717) is 5.82 Å². The molecule has 0 fully saturated rings. The van der Waals surface area contributed by atoms with Crippen molar-refractivity contribution in [1.82, 2.24) is 29.9 Å². The Bertz CT molecular complexity index is 1600. The van der Waals surface area contributed by atoms with Crippen molar-refractivity contribution in [1.29, 1.82) is 0 Å². The second-order valence-corrected chi connectivity index (χ2v) is 9.91. The number of nitrogens with one attached hydrogen (secondary N) is 2. The first-order valence-electron chi connectivity index (χ1n) is 12.5. The van der Waals surface area contributed by atoms with E-state index in [-0.39, 0.29) is 6.04 Å². The number of fused-ring (bicyclic) bond motifs is 4. The Morgan fingerprint density at radius 1 is 1.11 bits per heavy atom. The number of anilines is 2. The van der Waals surface area contributed by atoms with Gasteiger partial charge in [-0.1, -0.05) is 5.16 Å². The molecule has 9 nitrogen and oxygen atoms in total. The van der Waals surface area contributed by atoms with E-state index in [9.17, 15) is 0 Å². The van der Waals surface area contributed by atoms with Crippen LogP contribution in [0.15, 0.2) is 16.7 Å². The minimum atomic E-state index is 0.234. The molecular formula is C27H31N7O2. The average molecular weight is 486 g/mol. The Morgan fingerprint density at radius 3 is 2.64 bits per heavy atom. The molecule has 1 aliphatic rings. The van der Waals surface area contributed by atoms with Crippen molar-refractivity contribution in [3.8, 4) is 16.9 Å². The first-order valence-corrected chi connectivity index (χ1v) is 12.5. The molecule has 1 aromatic carbocycles. The highest BCUT2D eigenvalue weighted by Crippen LogP contribution is 2.41. The quantitative estimate of drug-likeness (QED) is 0.310. The maximum absolute atomic E-state index is 5.84. The van der Waals surface area contributed by atoms with E-state index in [0.717, 1.165) is 74.7 Å². The van der Waals surface area contributed by atoms with Crippen LogP contribution in [0.3, 0.4) is 0 Å². The van der Waals surface area contributed by atoms with E-state index >= 15 is 0 Å². The van der Waals surface area contributed by atoms with Crippen LogP contribution in [0.1, 0.15) is 61.3 Å². The summed E-state index contributed by atoms with van der Waals surface area (Å²) in [6, 6.07) is 4.37. The van der Waals surface area contributed by atoms with E-state index in [2.05, 4.69) is 46.1 Å². The zero-order valence-electron chi connectivity index (χ0n) is 21.6. The number of rotatable bonds is 5. The lowest BCUT2D eigenvalue weighted by molar-refractivity contribution is 0.393. The van der Waals surface area contributed by atoms with Gasteiger partial charge in [0.2, 0.25) is 0 Å². The highest BCUT2D eigenvalue weighted by molar-refractivity contribution is 6.13. The number of hydrogen-bond donors (Lipinski definition) is 2. The molecule has 0 amide bonds. The largest absolute Gasteiger partial charge is 0.496 e. The van der Waals surface area contributed by atoms with Gasteiger partial charge in [0.1, 0.15) is 34.6 Å². The summed E-state index contributed by atoms with van der Waals surface area (Å²) < 4.78 is 13.4. The first-order chi connectivity index (χ1) is 17.4. The Morgan fingerprint density at radius 2 is 1.92 bits per heavy atom. The number of aryl methyl sites for hydroxylation is 4. The molecule has 0 unspecified atom stereocenters. The molecule has 4 aromatic heterocycles. The molecule has 0 radical (unpaired) electrons. The van der Waals surface area contributed by atoms with Crippen LogP contribution in [-0.2, 0) is 12.8 Å². The number of aromatic amines is 1. The molecule has 186 valence electrons. The fourth-order valence-corrected chi connectivity index (χ4v) is 5.45. The van der Waals surface area contributed by atoms with Gasteiger partial charge in [0.05, 0.1) is 29.4 Å². The van der Waals surface area contributed by atoms with Gasteiger partial charge in [-0.3, -0.25) is 0 Å². The second kappa shape index (κ2) is 8.36. The van der Waals surface area contributed by atoms with Crippen LogP contribution in [0.25, 0.3) is 33.1 Å². The molecule has 0 saturated carbocycles.